The molecule has 1 aromatic rings. The molecule has 122 valence electrons. The standard InChI is InChI=1S/C16H19ClN4O2/c1-19-15(22)7-6-14(18-19)16(23)21-10-8-20(9-11-21)13-4-2-12(17)3-5-13/h2-5H,6-11H2,1H3. The predicted octanol–water partition coefficient (Wildman–Crippen LogP) is 1.60. The molecule has 2 aliphatic heterocycles. The van der Waals surface area contributed by atoms with E-state index in [2.05, 4.69) is 10.0 Å². The summed E-state index contributed by atoms with van der Waals surface area (Å²) in [7, 11) is 1.59. The number of hydrogen-bond acceptors (Lipinski definition) is 4. The number of hydrazone groups is 1. The molecule has 0 bridgehead atoms. The van der Waals surface area contributed by atoms with E-state index in [1.165, 1.54) is 5.01 Å². The van der Waals surface area contributed by atoms with Crippen molar-refractivity contribution >= 4 is 34.8 Å². The van der Waals surface area contributed by atoms with Gasteiger partial charge in [0.25, 0.3) is 5.91 Å². The third-order valence-corrected chi connectivity index (χ3v) is 4.46. The first kappa shape index (κ1) is 15.8. The second-order valence-corrected chi connectivity index (χ2v) is 6.16. The molecule has 2 amide bonds. The van der Waals surface area contributed by atoms with E-state index in [0.717, 1.165) is 23.8 Å². The Kier molecular flexibility index (Phi) is 4.52. The monoisotopic (exact) mass is 334 g/mol. The molecule has 2 heterocycles. The highest BCUT2D eigenvalue weighted by atomic mass is 35.5. The number of anilines is 1. The van der Waals surface area contributed by atoms with E-state index in [9.17, 15) is 9.59 Å². The first-order chi connectivity index (χ1) is 11.0. The molecule has 23 heavy (non-hydrogen) atoms. The number of rotatable bonds is 2. The molecule has 3 rings (SSSR count). The summed E-state index contributed by atoms with van der Waals surface area (Å²) in [5.74, 6) is -0.103. The van der Waals surface area contributed by atoms with Crippen LogP contribution < -0.4 is 4.90 Å². The number of carbonyl (C=O) groups excluding carboxylic acids is 2. The van der Waals surface area contributed by atoms with Crippen molar-refractivity contribution < 1.29 is 9.59 Å². The molecule has 0 spiro atoms. The Hall–Kier alpha value is -2.08. The van der Waals surface area contributed by atoms with Gasteiger partial charge in [-0.05, 0) is 24.3 Å². The lowest BCUT2D eigenvalue weighted by atomic mass is 10.1. The van der Waals surface area contributed by atoms with E-state index in [1.54, 1.807) is 7.05 Å². The molecule has 6 nitrogen and oxygen atoms in total. The van der Waals surface area contributed by atoms with Crippen molar-refractivity contribution in [1.82, 2.24) is 9.91 Å². The molecule has 7 heteroatoms. The zero-order chi connectivity index (χ0) is 16.4. The quantitative estimate of drug-likeness (QED) is 0.825. The Morgan fingerprint density at radius 3 is 2.35 bits per heavy atom. The fraction of sp³-hybridized carbons (Fsp3) is 0.438. The lowest BCUT2D eigenvalue weighted by Gasteiger charge is -2.36. The summed E-state index contributed by atoms with van der Waals surface area (Å²) in [4.78, 5) is 28.0. The molecule has 0 aliphatic carbocycles. The molecule has 1 aromatic carbocycles. The number of piperazine rings is 1. The minimum Gasteiger partial charge on any atom is -0.368 e. The summed E-state index contributed by atoms with van der Waals surface area (Å²) in [5, 5.41) is 6.09. The van der Waals surface area contributed by atoms with Crippen LogP contribution in [0.25, 0.3) is 0 Å². The lowest BCUT2D eigenvalue weighted by molar-refractivity contribution is -0.130. The summed E-state index contributed by atoms with van der Waals surface area (Å²) in [6.07, 6.45) is 0.783. The van der Waals surface area contributed by atoms with Crippen LogP contribution in [0.2, 0.25) is 5.02 Å². The first-order valence-corrected chi connectivity index (χ1v) is 8.06. The average Bonchev–Trinajstić information content (AvgIpc) is 2.57. The Balaban J connectivity index is 1.60. The predicted molar refractivity (Wildman–Crippen MR) is 89.7 cm³/mol. The molecule has 0 unspecified atom stereocenters. The number of hydrogen-bond donors (Lipinski definition) is 0. The van der Waals surface area contributed by atoms with Gasteiger partial charge in [0.15, 0.2) is 0 Å². The normalized spacial score (nSPS) is 19.0. The summed E-state index contributed by atoms with van der Waals surface area (Å²) in [6, 6.07) is 7.73. The van der Waals surface area contributed by atoms with E-state index in [1.807, 2.05) is 29.2 Å². The smallest absolute Gasteiger partial charge is 0.270 e. The van der Waals surface area contributed by atoms with Crippen LogP contribution in [0.1, 0.15) is 12.8 Å². The minimum absolute atomic E-state index is 0.0471. The van der Waals surface area contributed by atoms with Gasteiger partial charge in [-0.1, -0.05) is 11.6 Å². The Morgan fingerprint density at radius 1 is 1.09 bits per heavy atom. The van der Waals surface area contributed by atoms with Gasteiger partial charge in [-0.2, -0.15) is 5.10 Å². The molecule has 0 N–H and O–H groups in total. The van der Waals surface area contributed by atoms with Gasteiger partial charge in [-0.25, -0.2) is 5.01 Å². The number of halogens is 1. The van der Waals surface area contributed by atoms with Gasteiger partial charge in [-0.3, -0.25) is 9.59 Å². The minimum atomic E-state index is -0.0555. The number of benzene rings is 1. The second kappa shape index (κ2) is 6.58. The van der Waals surface area contributed by atoms with E-state index in [0.29, 0.717) is 31.6 Å². The third kappa shape index (κ3) is 3.47. The highest BCUT2D eigenvalue weighted by molar-refractivity contribution is 6.39. The first-order valence-electron chi connectivity index (χ1n) is 7.68. The summed E-state index contributed by atoms with van der Waals surface area (Å²) >= 11 is 5.91. The summed E-state index contributed by atoms with van der Waals surface area (Å²) in [6.45, 7) is 2.85. The molecular weight excluding hydrogens is 316 g/mol. The zero-order valence-electron chi connectivity index (χ0n) is 13.0. The summed E-state index contributed by atoms with van der Waals surface area (Å²) in [5.41, 5.74) is 1.59. The van der Waals surface area contributed by atoms with Crippen molar-refractivity contribution in [3.05, 3.63) is 29.3 Å². The molecule has 0 atom stereocenters. The van der Waals surface area contributed by atoms with Crippen LogP contribution in [0.4, 0.5) is 5.69 Å². The van der Waals surface area contributed by atoms with Crippen LogP contribution in [0.15, 0.2) is 29.4 Å². The SMILES string of the molecule is CN1N=C(C(=O)N2CCN(c3ccc(Cl)cc3)CC2)CCC1=O. The van der Waals surface area contributed by atoms with Crippen molar-refractivity contribution in [2.24, 2.45) is 5.10 Å². The van der Waals surface area contributed by atoms with Gasteiger partial charge < -0.3 is 9.80 Å². The maximum absolute atomic E-state index is 12.5. The molecule has 2 aliphatic rings. The lowest BCUT2D eigenvalue weighted by Crippen LogP contribution is -2.51. The van der Waals surface area contributed by atoms with Crippen molar-refractivity contribution in [2.45, 2.75) is 12.8 Å². The third-order valence-electron chi connectivity index (χ3n) is 4.21. The maximum Gasteiger partial charge on any atom is 0.270 e. The van der Waals surface area contributed by atoms with Crippen LogP contribution in [-0.2, 0) is 9.59 Å². The highest BCUT2D eigenvalue weighted by Gasteiger charge is 2.28. The van der Waals surface area contributed by atoms with Gasteiger partial charge in [0, 0.05) is 56.8 Å². The molecular formula is C16H19ClN4O2. The van der Waals surface area contributed by atoms with Gasteiger partial charge in [-0.15, -0.1) is 0 Å². The van der Waals surface area contributed by atoms with Crippen LogP contribution >= 0.6 is 11.6 Å². The van der Waals surface area contributed by atoms with Gasteiger partial charge in [0.1, 0.15) is 5.71 Å². The maximum atomic E-state index is 12.5. The van der Waals surface area contributed by atoms with E-state index >= 15 is 0 Å². The van der Waals surface area contributed by atoms with Crippen molar-refractivity contribution in [2.75, 3.05) is 38.1 Å². The second-order valence-electron chi connectivity index (χ2n) is 5.72. The van der Waals surface area contributed by atoms with Crippen molar-refractivity contribution in [1.29, 1.82) is 0 Å². The largest absolute Gasteiger partial charge is 0.368 e. The molecule has 0 aromatic heterocycles. The number of nitrogens with zero attached hydrogens (tertiary/aromatic N) is 4. The summed E-state index contributed by atoms with van der Waals surface area (Å²) < 4.78 is 0. The van der Waals surface area contributed by atoms with E-state index in [4.69, 9.17) is 11.6 Å². The van der Waals surface area contributed by atoms with E-state index < -0.39 is 0 Å². The number of carbonyl (C=O) groups is 2. The Labute approximate surface area is 140 Å². The Bertz CT molecular complexity index is 636. The fourth-order valence-electron chi connectivity index (χ4n) is 2.83. The van der Waals surface area contributed by atoms with Gasteiger partial charge in [0.05, 0.1) is 0 Å². The molecule has 0 saturated carbocycles. The van der Waals surface area contributed by atoms with Crippen LogP contribution in [-0.4, -0.2) is 60.7 Å². The van der Waals surface area contributed by atoms with Crippen molar-refractivity contribution in [3.63, 3.8) is 0 Å². The molecule has 1 saturated heterocycles. The van der Waals surface area contributed by atoms with Gasteiger partial charge >= 0.3 is 0 Å². The average molecular weight is 335 g/mol. The number of amides is 2. The molecule has 0 radical (unpaired) electrons. The van der Waals surface area contributed by atoms with Crippen LogP contribution in [0.5, 0.6) is 0 Å². The van der Waals surface area contributed by atoms with Crippen LogP contribution in [0, 0.1) is 0 Å². The molecule has 1 fully saturated rings. The fourth-order valence-corrected chi connectivity index (χ4v) is 2.95. The Morgan fingerprint density at radius 2 is 1.74 bits per heavy atom. The topological polar surface area (TPSA) is 56.2 Å². The van der Waals surface area contributed by atoms with E-state index in [-0.39, 0.29) is 11.8 Å². The highest BCUT2D eigenvalue weighted by Crippen LogP contribution is 2.20. The van der Waals surface area contributed by atoms with Crippen molar-refractivity contribution in [3.8, 4) is 0 Å². The zero-order valence-corrected chi connectivity index (χ0v) is 13.8. The van der Waals surface area contributed by atoms with Crippen LogP contribution in [0.3, 0.4) is 0 Å². The van der Waals surface area contributed by atoms with Gasteiger partial charge in [0.2, 0.25) is 5.91 Å².